The van der Waals surface area contributed by atoms with Crippen LogP contribution in [0.4, 0.5) is 16.3 Å². The summed E-state index contributed by atoms with van der Waals surface area (Å²) in [5.74, 6) is 6.73. The molecule has 0 aliphatic rings. The lowest BCUT2D eigenvalue weighted by molar-refractivity contribution is 0.262. The third-order valence-electron chi connectivity index (χ3n) is 3.88. The van der Waals surface area contributed by atoms with Crippen molar-refractivity contribution in [2.45, 2.75) is 20.8 Å². The number of carbonyl (C=O) groups is 1. The number of benzene rings is 2. The third kappa shape index (κ3) is 3.95. The van der Waals surface area contributed by atoms with Gasteiger partial charge in [-0.15, -0.1) is 5.92 Å². The number of fused-ring (bicyclic) bond motifs is 1. The predicted octanol–water partition coefficient (Wildman–Crippen LogP) is 4.23. The van der Waals surface area contributed by atoms with E-state index in [0.717, 1.165) is 27.7 Å². The topological polar surface area (TPSA) is 79.0 Å². The lowest BCUT2D eigenvalue weighted by Gasteiger charge is -2.09. The highest BCUT2D eigenvalue weighted by atomic mass is 16.5. The molecule has 1 aromatic heterocycles. The van der Waals surface area contributed by atoms with Gasteiger partial charge in [-0.2, -0.15) is 5.10 Å². The number of ether oxygens (including phenoxy) is 1. The summed E-state index contributed by atoms with van der Waals surface area (Å²) in [6, 6.07) is 11.0. The van der Waals surface area contributed by atoms with Crippen LogP contribution in [0.3, 0.4) is 0 Å². The van der Waals surface area contributed by atoms with Crippen LogP contribution in [-0.4, -0.2) is 22.8 Å². The van der Waals surface area contributed by atoms with Crippen molar-refractivity contribution in [2.24, 2.45) is 0 Å². The molecule has 3 N–H and O–H groups in total. The molecule has 6 nitrogen and oxygen atoms in total. The Kier molecular flexibility index (Phi) is 5.09. The number of amides is 2. The molecular weight excluding hydrogens is 328 g/mol. The second-order valence-corrected chi connectivity index (χ2v) is 5.89. The number of rotatable bonds is 4. The Bertz CT molecular complexity index is 1010. The molecule has 0 saturated carbocycles. The standard InChI is InChI=1S/C20H20N4O2/c1-4-5-10-26-15-7-9-18-16(12-15)19(24-23-18)22-20(25)21-17-8-6-13(2)11-14(17)3/h6-9,11-12H,10H2,1-3H3,(H3,21,22,23,24,25). The summed E-state index contributed by atoms with van der Waals surface area (Å²) in [6.07, 6.45) is 0. The minimum atomic E-state index is -0.353. The number of aromatic nitrogens is 2. The van der Waals surface area contributed by atoms with Gasteiger partial charge < -0.3 is 10.1 Å². The molecular formula is C20H20N4O2. The van der Waals surface area contributed by atoms with Gasteiger partial charge in [-0.25, -0.2) is 4.79 Å². The molecule has 6 heteroatoms. The summed E-state index contributed by atoms with van der Waals surface area (Å²) < 4.78 is 5.56. The second-order valence-electron chi connectivity index (χ2n) is 5.89. The molecule has 3 aromatic rings. The van der Waals surface area contributed by atoms with Gasteiger partial charge >= 0.3 is 6.03 Å². The van der Waals surface area contributed by atoms with Crippen LogP contribution in [0.5, 0.6) is 5.75 Å². The van der Waals surface area contributed by atoms with E-state index >= 15 is 0 Å². The second kappa shape index (κ2) is 7.62. The fourth-order valence-electron chi connectivity index (χ4n) is 2.58. The first-order valence-electron chi connectivity index (χ1n) is 8.22. The minimum Gasteiger partial charge on any atom is -0.481 e. The van der Waals surface area contributed by atoms with Crippen molar-refractivity contribution in [3.8, 4) is 17.6 Å². The quantitative estimate of drug-likeness (QED) is 0.618. The van der Waals surface area contributed by atoms with Gasteiger partial charge in [-0.3, -0.25) is 10.4 Å². The molecule has 0 atom stereocenters. The van der Waals surface area contributed by atoms with Crippen molar-refractivity contribution in [3.63, 3.8) is 0 Å². The summed E-state index contributed by atoms with van der Waals surface area (Å²) >= 11 is 0. The minimum absolute atomic E-state index is 0.315. The van der Waals surface area contributed by atoms with Crippen LogP contribution < -0.4 is 15.4 Å². The summed E-state index contributed by atoms with van der Waals surface area (Å²) in [5.41, 5.74) is 3.71. The van der Waals surface area contributed by atoms with Crippen LogP contribution in [0.2, 0.25) is 0 Å². The van der Waals surface area contributed by atoms with Crippen molar-refractivity contribution in [3.05, 3.63) is 47.5 Å². The summed E-state index contributed by atoms with van der Waals surface area (Å²) in [5, 5.41) is 13.4. The van der Waals surface area contributed by atoms with E-state index < -0.39 is 0 Å². The van der Waals surface area contributed by atoms with Crippen molar-refractivity contribution in [2.75, 3.05) is 17.2 Å². The van der Waals surface area contributed by atoms with Gasteiger partial charge in [0.2, 0.25) is 0 Å². The van der Waals surface area contributed by atoms with E-state index in [2.05, 4.69) is 32.7 Å². The number of nitrogens with one attached hydrogen (secondary N) is 3. The first-order chi connectivity index (χ1) is 12.6. The molecule has 3 rings (SSSR count). The van der Waals surface area contributed by atoms with Crippen molar-refractivity contribution >= 4 is 28.4 Å². The number of hydrogen-bond donors (Lipinski definition) is 3. The highest BCUT2D eigenvalue weighted by Crippen LogP contribution is 2.25. The van der Waals surface area contributed by atoms with Crippen LogP contribution in [-0.2, 0) is 0 Å². The number of aryl methyl sites for hydroxylation is 2. The first kappa shape index (κ1) is 17.4. The molecule has 2 aromatic carbocycles. The molecule has 0 radical (unpaired) electrons. The maximum Gasteiger partial charge on any atom is 0.324 e. The molecule has 0 aliphatic heterocycles. The van der Waals surface area contributed by atoms with Crippen LogP contribution in [0.1, 0.15) is 18.1 Å². The summed E-state index contributed by atoms with van der Waals surface area (Å²) in [7, 11) is 0. The molecule has 132 valence electrons. The Hall–Kier alpha value is -3.46. The molecule has 0 saturated heterocycles. The average molecular weight is 348 g/mol. The molecule has 26 heavy (non-hydrogen) atoms. The van der Waals surface area contributed by atoms with Gasteiger partial charge in [0.15, 0.2) is 5.82 Å². The van der Waals surface area contributed by atoms with Crippen LogP contribution in [0.15, 0.2) is 36.4 Å². The number of H-pyrrole nitrogens is 1. The highest BCUT2D eigenvalue weighted by molar-refractivity contribution is 6.05. The fourth-order valence-corrected chi connectivity index (χ4v) is 2.58. The molecule has 0 aliphatic carbocycles. The zero-order chi connectivity index (χ0) is 18.5. The van der Waals surface area contributed by atoms with Crippen LogP contribution in [0, 0.1) is 25.7 Å². The number of hydrogen-bond acceptors (Lipinski definition) is 3. The zero-order valence-electron chi connectivity index (χ0n) is 14.9. The van der Waals surface area contributed by atoms with E-state index in [1.54, 1.807) is 6.92 Å². The number of carbonyl (C=O) groups excluding carboxylic acids is 1. The van der Waals surface area contributed by atoms with Gasteiger partial charge in [-0.1, -0.05) is 23.6 Å². The largest absolute Gasteiger partial charge is 0.481 e. The molecule has 0 spiro atoms. The smallest absolute Gasteiger partial charge is 0.324 e. The highest BCUT2D eigenvalue weighted by Gasteiger charge is 2.11. The normalized spacial score (nSPS) is 10.1. The molecule has 0 bridgehead atoms. The third-order valence-corrected chi connectivity index (χ3v) is 3.88. The van der Waals surface area contributed by atoms with Gasteiger partial charge in [0, 0.05) is 11.1 Å². The van der Waals surface area contributed by atoms with E-state index in [-0.39, 0.29) is 6.03 Å². The summed E-state index contributed by atoms with van der Waals surface area (Å²) in [6.45, 7) is 6.04. The van der Waals surface area contributed by atoms with Crippen LogP contribution >= 0.6 is 0 Å². The van der Waals surface area contributed by atoms with Crippen molar-refractivity contribution < 1.29 is 9.53 Å². The Morgan fingerprint density at radius 2 is 2.04 bits per heavy atom. The fraction of sp³-hybridized carbons (Fsp3) is 0.200. The Labute approximate surface area is 151 Å². The monoisotopic (exact) mass is 348 g/mol. The van der Waals surface area contributed by atoms with E-state index in [9.17, 15) is 4.79 Å². The average Bonchev–Trinajstić information content (AvgIpc) is 3.00. The SMILES string of the molecule is CC#CCOc1ccc2[nH]nc(NC(=O)Nc3ccc(C)cc3C)c2c1. The van der Waals surface area contributed by atoms with E-state index in [1.165, 1.54) is 0 Å². The van der Waals surface area contributed by atoms with Crippen molar-refractivity contribution in [1.82, 2.24) is 10.2 Å². The Morgan fingerprint density at radius 1 is 1.19 bits per heavy atom. The van der Waals surface area contributed by atoms with Gasteiger partial charge in [0.1, 0.15) is 12.4 Å². The Morgan fingerprint density at radius 3 is 2.81 bits per heavy atom. The number of urea groups is 1. The molecule has 2 amide bonds. The molecule has 0 fully saturated rings. The van der Waals surface area contributed by atoms with E-state index in [4.69, 9.17) is 4.74 Å². The lowest BCUT2D eigenvalue weighted by atomic mass is 10.1. The van der Waals surface area contributed by atoms with Crippen molar-refractivity contribution in [1.29, 1.82) is 0 Å². The van der Waals surface area contributed by atoms with Gasteiger partial charge in [0.05, 0.1) is 5.52 Å². The zero-order valence-corrected chi connectivity index (χ0v) is 14.9. The first-order valence-corrected chi connectivity index (χ1v) is 8.22. The summed E-state index contributed by atoms with van der Waals surface area (Å²) in [4.78, 5) is 12.3. The molecule has 1 heterocycles. The van der Waals surface area contributed by atoms with Gasteiger partial charge in [0.25, 0.3) is 0 Å². The number of nitrogens with zero attached hydrogens (tertiary/aromatic N) is 1. The van der Waals surface area contributed by atoms with E-state index in [1.807, 2.05) is 50.2 Å². The molecule has 0 unspecified atom stereocenters. The van der Waals surface area contributed by atoms with Crippen LogP contribution in [0.25, 0.3) is 10.9 Å². The Balaban J connectivity index is 1.75. The lowest BCUT2D eigenvalue weighted by Crippen LogP contribution is -2.20. The maximum absolute atomic E-state index is 12.3. The number of aromatic amines is 1. The van der Waals surface area contributed by atoms with Gasteiger partial charge in [-0.05, 0) is 50.6 Å². The number of anilines is 2. The van der Waals surface area contributed by atoms with E-state index in [0.29, 0.717) is 18.2 Å². The maximum atomic E-state index is 12.3. The predicted molar refractivity (Wildman–Crippen MR) is 104 cm³/mol.